The maximum absolute atomic E-state index is 12.8. The number of methoxy groups -OCH3 is 1. The van der Waals surface area contributed by atoms with Crippen LogP contribution in [0, 0.1) is 12.8 Å². The number of hydrogen-bond donors (Lipinski definition) is 0. The summed E-state index contributed by atoms with van der Waals surface area (Å²) < 4.78 is 11.9. The van der Waals surface area contributed by atoms with Gasteiger partial charge in [-0.25, -0.2) is 0 Å². The lowest BCUT2D eigenvalue weighted by Crippen LogP contribution is -2.15. The molecular formula is C20H27N3O3. The van der Waals surface area contributed by atoms with E-state index in [0.29, 0.717) is 31.4 Å². The zero-order valence-electron chi connectivity index (χ0n) is 15.6. The average Bonchev–Trinajstić information content (AvgIpc) is 3.30. The molecule has 3 rings (SSSR count). The molecule has 0 amide bonds. The predicted octanol–water partition coefficient (Wildman–Crippen LogP) is 3.89. The van der Waals surface area contributed by atoms with Crippen molar-refractivity contribution in [2.45, 2.75) is 45.4 Å². The second-order valence-corrected chi connectivity index (χ2v) is 6.87. The Morgan fingerprint density at radius 3 is 2.73 bits per heavy atom. The quantitative estimate of drug-likeness (QED) is 0.671. The minimum atomic E-state index is -0.0238. The standard InChI is InChI=1S/C20H27N3O3/c1-15-7-3-6-10-17(15)19-21-20(26-14-13-25-2)22-23(19)18(24)12-11-16-8-4-5-9-16/h3,6-7,10,16H,4-5,8-9,11-14H2,1-2H3. The highest BCUT2D eigenvalue weighted by Crippen LogP contribution is 2.29. The lowest BCUT2D eigenvalue weighted by Gasteiger charge is -2.09. The van der Waals surface area contributed by atoms with Crippen LogP contribution in [-0.4, -0.2) is 41.0 Å². The van der Waals surface area contributed by atoms with Crippen molar-refractivity contribution in [3.63, 3.8) is 0 Å². The lowest BCUT2D eigenvalue weighted by molar-refractivity contribution is 0.0875. The molecule has 0 aliphatic heterocycles. The van der Waals surface area contributed by atoms with Gasteiger partial charge in [-0.15, -0.1) is 5.10 Å². The Kier molecular flexibility index (Phi) is 6.39. The highest BCUT2D eigenvalue weighted by atomic mass is 16.5. The van der Waals surface area contributed by atoms with Crippen molar-refractivity contribution < 1.29 is 14.3 Å². The first-order valence-corrected chi connectivity index (χ1v) is 9.37. The zero-order valence-corrected chi connectivity index (χ0v) is 15.6. The molecule has 0 atom stereocenters. The van der Waals surface area contributed by atoms with Gasteiger partial charge in [-0.05, 0) is 24.8 Å². The van der Waals surface area contributed by atoms with Crippen LogP contribution >= 0.6 is 0 Å². The maximum Gasteiger partial charge on any atom is 0.336 e. The van der Waals surface area contributed by atoms with Crippen molar-refractivity contribution in [2.75, 3.05) is 20.3 Å². The zero-order chi connectivity index (χ0) is 18.4. The first-order chi connectivity index (χ1) is 12.7. The SMILES string of the molecule is COCCOc1nc(-c2ccccc2C)n(C(=O)CCC2CCCC2)n1. The number of nitrogens with zero attached hydrogens (tertiary/aromatic N) is 3. The van der Waals surface area contributed by atoms with Gasteiger partial charge in [-0.3, -0.25) is 4.79 Å². The van der Waals surface area contributed by atoms with Gasteiger partial charge >= 0.3 is 6.01 Å². The topological polar surface area (TPSA) is 66.2 Å². The molecule has 26 heavy (non-hydrogen) atoms. The van der Waals surface area contributed by atoms with E-state index in [1.807, 2.05) is 31.2 Å². The Bertz CT molecular complexity index is 736. The number of hydrogen-bond acceptors (Lipinski definition) is 5. The van der Waals surface area contributed by atoms with E-state index in [-0.39, 0.29) is 11.9 Å². The molecule has 1 aliphatic rings. The van der Waals surface area contributed by atoms with Crippen LogP contribution in [-0.2, 0) is 4.74 Å². The summed E-state index contributed by atoms with van der Waals surface area (Å²) in [5.41, 5.74) is 1.95. The third kappa shape index (κ3) is 4.49. The van der Waals surface area contributed by atoms with Crippen LogP contribution in [0.4, 0.5) is 0 Å². The summed E-state index contributed by atoms with van der Waals surface area (Å²) in [6.07, 6.45) is 6.46. The van der Waals surface area contributed by atoms with Gasteiger partial charge in [0.25, 0.3) is 0 Å². The van der Waals surface area contributed by atoms with Crippen molar-refractivity contribution in [1.82, 2.24) is 14.8 Å². The van der Waals surface area contributed by atoms with Crippen LogP contribution in [0.25, 0.3) is 11.4 Å². The van der Waals surface area contributed by atoms with Gasteiger partial charge in [0, 0.05) is 19.1 Å². The average molecular weight is 357 g/mol. The molecule has 0 N–H and O–H groups in total. The Morgan fingerprint density at radius 2 is 2.00 bits per heavy atom. The van der Waals surface area contributed by atoms with Crippen molar-refractivity contribution in [2.24, 2.45) is 5.92 Å². The number of carbonyl (C=O) groups is 1. The molecule has 0 saturated heterocycles. The molecule has 1 aromatic heterocycles. The van der Waals surface area contributed by atoms with Crippen LogP contribution in [0.3, 0.4) is 0 Å². The molecule has 1 heterocycles. The van der Waals surface area contributed by atoms with Crippen LogP contribution in [0.2, 0.25) is 0 Å². The van der Waals surface area contributed by atoms with E-state index in [1.54, 1.807) is 7.11 Å². The number of aromatic nitrogens is 3. The van der Waals surface area contributed by atoms with E-state index in [1.165, 1.54) is 30.4 Å². The Hall–Kier alpha value is -2.21. The normalized spacial score (nSPS) is 14.7. The van der Waals surface area contributed by atoms with Crippen molar-refractivity contribution in [3.8, 4) is 17.4 Å². The molecule has 1 fully saturated rings. The molecule has 1 aromatic carbocycles. The summed E-state index contributed by atoms with van der Waals surface area (Å²) >= 11 is 0. The molecule has 0 spiro atoms. The lowest BCUT2D eigenvalue weighted by atomic mass is 10.0. The molecule has 2 aromatic rings. The van der Waals surface area contributed by atoms with Crippen molar-refractivity contribution >= 4 is 5.91 Å². The molecule has 0 radical (unpaired) electrons. The van der Waals surface area contributed by atoms with Crippen LogP contribution in [0.15, 0.2) is 24.3 Å². The van der Waals surface area contributed by atoms with E-state index in [9.17, 15) is 4.79 Å². The molecule has 6 heteroatoms. The minimum absolute atomic E-state index is 0.0238. The Balaban J connectivity index is 1.81. The third-order valence-corrected chi connectivity index (χ3v) is 4.97. The molecule has 6 nitrogen and oxygen atoms in total. The monoisotopic (exact) mass is 357 g/mol. The summed E-state index contributed by atoms with van der Waals surface area (Å²) in [7, 11) is 1.61. The number of benzene rings is 1. The Morgan fingerprint density at radius 1 is 1.23 bits per heavy atom. The summed E-state index contributed by atoms with van der Waals surface area (Å²) in [4.78, 5) is 17.3. The first kappa shape index (κ1) is 18.6. The molecular weight excluding hydrogens is 330 g/mol. The van der Waals surface area contributed by atoms with Crippen LogP contribution in [0.1, 0.15) is 48.9 Å². The van der Waals surface area contributed by atoms with Gasteiger partial charge in [0.05, 0.1) is 6.61 Å². The molecule has 0 bridgehead atoms. The van der Waals surface area contributed by atoms with E-state index < -0.39 is 0 Å². The van der Waals surface area contributed by atoms with Gasteiger partial charge < -0.3 is 9.47 Å². The summed E-state index contributed by atoms with van der Waals surface area (Å²) in [6, 6.07) is 8.09. The molecule has 1 saturated carbocycles. The minimum Gasteiger partial charge on any atom is -0.460 e. The summed E-state index contributed by atoms with van der Waals surface area (Å²) in [6.45, 7) is 2.80. The highest BCUT2D eigenvalue weighted by Gasteiger charge is 2.22. The molecule has 140 valence electrons. The number of aryl methyl sites for hydroxylation is 1. The third-order valence-electron chi connectivity index (χ3n) is 4.97. The van der Waals surface area contributed by atoms with Gasteiger partial charge in [0.2, 0.25) is 5.91 Å². The number of carbonyl (C=O) groups excluding carboxylic acids is 1. The number of rotatable bonds is 8. The van der Waals surface area contributed by atoms with E-state index >= 15 is 0 Å². The first-order valence-electron chi connectivity index (χ1n) is 9.37. The van der Waals surface area contributed by atoms with Crippen molar-refractivity contribution in [3.05, 3.63) is 29.8 Å². The Labute approximate surface area is 154 Å². The number of ether oxygens (including phenoxy) is 2. The van der Waals surface area contributed by atoms with Crippen molar-refractivity contribution in [1.29, 1.82) is 0 Å². The second-order valence-electron chi connectivity index (χ2n) is 6.87. The molecule has 1 aliphatic carbocycles. The summed E-state index contributed by atoms with van der Waals surface area (Å²) in [5, 5.41) is 4.32. The summed E-state index contributed by atoms with van der Waals surface area (Å²) in [5.74, 6) is 1.19. The van der Waals surface area contributed by atoms with Gasteiger partial charge in [-0.1, -0.05) is 49.9 Å². The van der Waals surface area contributed by atoms with E-state index in [0.717, 1.165) is 17.5 Å². The fraction of sp³-hybridized carbons (Fsp3) is 0.550. The maximum atomic E-state index is 12.8. The fourth-order valence-electron chi connectivity index (χ4n) is 3.48. The highest BCUT2D eigenvalue weighted by molar-refractivity contribution is 5.82. The van der Waals surface area contributed by atoms with Gasteiger partial charge in [-0.2, -0.15) is 9.67 Å². The largest absolute Gasteiger partial charge is 0.460 e. The van der Waals surface area contributed by atoms with E-state index in [2.05, 4.69) is 10.1 Å². The predicted molar refractivity (Wildman–Crippen MR) is 99.4 cm³/mol. The second kappa shape index (κ2) is 8.94. The van der Waals surface area contributed by atoms with Crippen LogP contribution < -0.4 is 4.74 Å². The smallest absolute Gasteiger partial charge is 0.336 e. The van der Waals surface area contributed by atoms with E-state index in [4.69, 9.17) is 9.47 Å². The fourth-order valence-corrected chi connectivity index (χ4v) is 3.48. The molecule has 0 unspecified atom stereocenters. The van der Waals surface area contributed by atoms with Gasteiger partial charge in [0.1, 0.15) is 6.61 Å². The van der Waals surface area contributed by atoms with Gasteiger partial charge in [0.15, 0.2) is 5.82 Å². The van der Waals surface area contributed by atoms with Crippen LogP contribution in [0.5, 0.6) is 6.01 Å².